The van der Waals surface area contributed by atoms with Crippen LogP contribution in [0.4, 0.5) is 0 Å². The molecule has 0 aromatic heterocycles. The van der Waals surface area contributed by atoms with Gasteiger partial charge in [0.15, 0.2) is 5.78 Å². The van der Waals surface area contributed by atoms with Crippen LogP contribution in [0.1, 0.15) is 29.3 Å². The lowest BCUT2D eigenvalue weighted by molar-refractivity contribution is 0.0924. The van der Waals surface area contributed by atoms with Crippen molar-refractivity contribution in [3.63, 3.8) is 0 Å². The Balaban J connectivity index is 2.63. The number of likely N-dealkylation sites (N-methyl/N-ethyl adjacent to an activating group) is 1. The van der Waals surface area contributed by atoms with Crippen LogP contribution in [0.15, 0.2) is 24.3 Å². The summed E-state index contributed by atoms with van der Waals surface area (Å²) in [5.41, 5.74) is 1.92. The van der Waals surface area contributed by atoms with E-state index in [9.17, 15) is 4.79 Å². The number of nitrogens with zero attached hydrogens (tertiary/aromatic N) is 2. The summed E-state index contributed by atoms with van der Waals surface area (Å²) in [6, 6.07) is 7.83. The second-order valence-corrected chi connectivity index (χ2v) is 5.32. The van der Waals surface area contributed by atoms with E-state index in [-0.39, 0.29) is 5.78 Å². The molecule has 3 nitrogen and oxygen atoms in total. The molecular weight excluding hydrogens is 236 g/mol. The lowest BCUT2D eigenvalue weighted by atomic mass is 10.0. The third kappa shape index (κ3) is 5.53. The summed E-state index contributed by atoms with van der Waals surface area (Å²) in [6.45, 7) is 7.58. The van der Waals surface area contributed by atoms with Crippen LogP contribution in [0.3, 0.4) is 0 Å². The van der Waals surface area contributed by atoms with Gasteiger partial charge < -0.3 is 4.90 Å². The Morgan fingerprint density at radius 2 is 1.79 bits per heavy atom. The van der Waals surface area contributed by atoms with E-state index in [2.05, 4.69) is 30.8 Å². The fourth-order valence-electron chi connectivity index (χ4n) is 2.10. The number of carbonyl (C=O) groups excluding carboxylic acids is 1. The summed E-state index contributed by atoms with van der Waals surface area (Å²) in [5.74, 6) is 0.227. The van der Waals surface area contributed by atoms with Gasteiger partial charge >= 0.3 is 0 Å². The predicted octanol–water partition coefficient (Wildman–Crippen LogP) is 2.45. The van der Waals surface area contributed by atoms with Gasteiger partial charge in [0.25, 0.3) is 0 Å². The number of hydrogen-bond donors (Lipinski definition) is 0. The summed E-state index contributed by atoms with van der Waals surface area (Å²) < 4.78 is 0. The van der Waals surface area contributed by atoms with Crippen molar-refractivity contribution < 1.29 is 4.79 Å². The van der Waals surface area contributed by atoms with Gasteiger partial charge in [-0.1, -0.05) is 31.2 Å². The van der Waals surface area contributed by atoms with E-state index < -0.39 is 0 Å². The van der Waals surface area contributed by atoms with Gasteiger partial charge in [0.05, 0.1) is 6.54 Å². The molecule has 0 fully saturated rings. The second-order valence-electron chi connectivity index (χ2n) is 5.32. The molecule has 19 heavy (non-hydrogen) atoms. The first-order valence-corrected chi connectivity index (χ1v) is 7.00. The van der Waals surface area contributed by atoms with Crippen LogP contribution < -0.4 is 0 Å². The summed E-state index contributed by atoms with van der Waals surface area (Å²) in [7, 11) is 4.13. The molecule has 0 bridgehead atoms. The van der Waals surface area contributed by atoms with Gasteiger partial charge in [-0.15, -0.1) is 0 Å². The molecule has 0 aliphatic heterocycles. The highest BCUT2D eigenvalue weighted by Gasteiger charge is 2.13. The van der Waals surface area contributed by atoms with E-state index in [4.69, 9.17) is 0 Å². The average molecular weight is 262 g/mol. The van der Waals surface area contributed by atoms with Gasteiger partial charge in [0.2, 0.25) is 0 Å². The summed E-state index contributed by atoms with van der Waals surface area (Å²) in [5, 5.41) is 0. The smallest absolute Gasteiger partial charge is 0.177 e. The van der Waals surface area contributed by atoms with E-state index in [0.29, 0.717) is 6.54 Å². The SMILES string of the molecule is CCCN(CCN(C)C)CC(=O)c1ccccc1C. The van der Waals surface area contributed by atoms with Gasteiger partial charge in [-0.25, -0.2) is 0 Å². The molecule has 0 spiro atoms. The molecule has 106 valence electrons. The molecular formula is C16H26N2O. The molecule has 1 aromatic carbocycles. The molecule has 0 saturated heterocycles. The van der Waals surface area contributed by atoms with E-state index in [1.165, 1.54) is 0 Å². The van der Waals surface area contributed by atoms with Gasteiger partial charge in [-0.05, 0) is 39.5 Å². The lowest BCUT2D eigenvalue weighted by Crippen LogP contribution is -2.36. The van der Waals surface area contributed by atoms with Crippen molar-refractivity contribution >= 4 is 5.78 Å². The number of aryl methyl sites for hydroxylation is 1. The minimum Gasteiger partial charge on any atom is -0.308 e. The zero-order valence-electron chi connectivity index (χ0n) is 12.6. The Morgan fingerprint density at radius 3 is 2.37 bits per heavy atom. The number of carbonyl (C=O) groups is 1. The molecule has 0 heterocycles. The highest BCUT2D eigenvalue weighted by atomic mass is 16.1. The molecule has 0 radical (unpaired) electrons. The monoisotopic (exact) mass is 262 g/mol. The third-order valence-corrected chi connectivity index (χ3v) is 3.22. The first-order valence-electron chi connectivity index (χ1n) is 7.00. The number of benzene rings is 1. The van der Waals surface area contributed by atoms with Crippen LogP contribution in [0.25, 0.3) is 0 Å². The van der Waals surface area contributed by atoms with Gasteiger partial charge in [0.1, 0.15) is 0 Å². The van der Waals surface area contributed by atoms with Crippen LogP contribution in [0.2, 0.25) is 0 Å². The van der Waals surface area contributed by atoms with Crippen LogP contribution in [-0.2, 0) is 0 Å². The molecule has 1 rings (SSSR count). The molecule has 0 N–H and O–H groups in total. The fraction of sp³-hybridized carbons (Fsp3) is 0.562. The van der Waals surface area contributed by atoms with Crippen molar-refractivity contribution in [1.82, 2.24) is 9.80 Å². The Hall–Kier alpha value is -1.19. The van der Waals surface area contributed by atoms with Crippen LogP contribution in [0, 0.1) is 6.92 Å². The Labute approximate surface area is 117 Å². The number of rotatable bonds is 8. The topological polar surface area (TPSA) is 23.6 Å². The molecule has 0 saturated carbocycles. The maximum atomic E-state index is 12.3. The standard InChI is InChI=1S/C16H26N2O/c1-5-10-18(12-11-17(3)4)13-16(19)15-9-7-6-8-14(15)2/h6-9H,5,10-13H2,1-4H3. The Kier molecular flexibility index (Phi) is 6.74. The molecule has 0 aliphatic carbocycles. The van der Waals surface area contributed by atoms with E-state index >= 15 is 0 Å². The molecule has 0 aliphatic rings. The van der Waals surface area contributed by atoms with Gasteiger partial charge in [0, 0.05) is 18.7 Å². The van der Waals surface area contributed by atoms with Crippen molar-refractivity contribution in [3.8, 4) is 0 Å². The Bertz CT molecular complexity index is 401. The summed E-state index contributed by atoms with van der Waals surface area (Å²) >= 11 is 0. The van der Waals surface area contributed by atoms with Crippen molar-refractivity contribution in [2.45, 2.75) is 20.3 Å². The van der Waals surface area contributed by atoms with Crippen molar-refractivity contribution in [1.29, 1.82) is 0 Å². The van der Waals surface area contributed by atoms with Crippen molar-refractivity contribution in [2.24, 2.45) is 0 Å². The number of hydrogen-bond acceptors (Lipinski definition) is 3. The van der Waals surface area contributed by atoms with Gasteiger partial charge in [-0.3, -0.25) is 9.69 Å². The first-order chi connectivity index (χ1) is 9.04. The summed E-state index contributed by atoms with van der Waals surface area (Å²) in [6.07, 6.45) is 1.08. The van der Waals surface area contributed by atoms with E-state index in [1.807, 2.05) is 31.2 Å². The normalized spacial score (nSPS) is 11.3. The number of ketones is 1. The highest BCUT2D eigenvalue weighted by Crippen LogP contribution is 2.09. The zero-order chi connectivity index (χ0) is 14.3. The zero-order valence-corrected chi connectivity index (χ0v) is 12.6. The summed E-state index contributed by atoms with van der Waals surface area (Å²) in [4.78, 5) is 16.7. The molecule has 0 amide bonds. The van der Waals surface area contributed by atoms with Crippen LogP contribution >= 0.6 is 0 Å². The minimum atomic E-state index is 0.227. The molecule has 3 heteroatoms. The third-order valence-electron chi connectivity index (χ3n) is 3.22. The lowest BCUT2D eigenvalue weighted by Gasteiger charge is -2.23. The quantitative estimate of drug-likeness (QED) is 0.672. The molecule has 0 atom stereocenters. The number of Topliss-reactive ketones (excluding diaryl/α,β-unsaturated/α-hetero) is 1. The highest BCUT2D eigenvalue weighted by molar-refractivity contribution is 5.98. The molecule has 1 aromatic rings. The largest absolute Gasteiger partial charge is 0.308 e. The van der Waals surface area contributed by atoms with Crippen molar-refractivity contribution in [2.75, 3.05) is 40.3 Å². The Morgan fingerprint density at radius 1 is 1.11 bits per heavy atom. The maximum Gasteiger partial charge on any atom is 0.177 e. The van der Waals surface area contributed by atoms with Crippen LogP contribution in [0.5, 0.6) is 0 Å². The minimum absolute atomic E-state index is 0.227. The fourth-order valence-corrected chi connectivity index (χ4v) is 2.10. The second kappa shape index (κ2) is 8.08. The van der Waals surface area contributed by atoms with E-state index in [1.54, 1.807) is 0 Å². The molecule has 0 unspecified atom stereocenters. The van der Waals surface area contributed by atoms with Crippen molar-refractivity contribution in [3.05, 3.63) is 35.4 Å². The van der Waals surface area contributed by atoms with E-state index in [0.717, 1.165) is 37.2 Å². The average Bonchev–Trinajstić information content (AvgIpc) is 2.36. The van der Waals surface area contributed by atoms with Gasteiger partial charge in [-0.2, -0.15) is 0 Å². The first kappa shape index (κ1) is 15.9. The van der Waals surface area contributed by atoms with Crippen LogP contribution in [-0.4, -0.2) is 55.9 Å². The predicted molar refractivity (Wildman–Crippen MR) is 80.8 cm³/mol. The maximum absolute atomic E-state index is 12.3.